The average Bonchev–Trinajstić information content (AvgIpc) is 2.29. The van der Waals surface area contributed by atoms with E-state index in [0.29, 0.717) is 6.61 Å². The topological polar surface area (TPSA) is 38.3 Å². The first kappa shape index (κ1) is 12.4. The van der Waals surface area contributed by atoms with Crippen LogP contribution >= 0.6 is 0 Å². The zero-order chi connectivity index (χ0) is 11.8. The van der Waals surface area contributed by atoms with E-state index in [1.54, 1.807) is 6.20 Å². The summed E-state index contributed by atoms with van der Waals surface area (Å²) < 4.78 is 5.01. The van der Waals surface area contributed by atoms with Crippen LogP contribution in [0.2, 0.25) is 0 Å². The number of benzene rings is 1. The zero-order valence-electron chi connectivity index (χ0n) is 9.69. The van der Waals surface area contributed by atoms with Crippen LogP contribution in [0, 0.1) is 0 Å². The molecule has 0 saturated heterocycles. The Balaban J connectivity index is 2.31. The molecular formula is C12H16BNO2. The van der Waals surface area contributed by atoms with Gasteiger partial charge in [0.15, 0.2) is 0 Å². The van der Waals surface area contributed by atoms with Crippen molar-refractivity contribution < 1.29 is 9.53 Å². The molecule has 0 spiro atoms. The molecule has 0 radical (unpaired) electrons. The molecule has 84 valence electrons. The molecule has 0 aliphatic rings. The lowest BCUT2D eigenvalue weighted by molar-refractivity contribution is 0.143. The van der Waals surface area contributed by atoms with E-state index in [0.717, 1.165) is 12.0 Å². The van der Waals surface area contributed by atoms with Gasteiger partial charge in [0.2, 0.25) is 0 Å². The average molecular weight is 217 g/mol. The van der Waals surface area contributed by atoms with E-state index in [-0.39, 0.29) is 0 Å². The zero-order valence-corrected chi connectivity index (χ0v) is 9.69. The first-order valence-electron chi connectivity index (χ1n) is 5.36. The number of hydrogen-bond donors (Lipinski definition) is 1. The van der Waals surface area contributed by atoms with Crippen molar-refractivity contribution in [3.05, 3.63) is 42.1 Å². The number of hydrogen-bond acceptors (Lipinski definition) is 2. The van der Waals surface area contributed by atoms with Crippen molar-refractivity contribution in [2.45, 2.75) is 20.0 Å². The normalized spacial score (nSPS) is 10.3. The number of carbonyl (C=O) groups excluding carboxylic acids is 1. The fraction of sp³-hybridized carbons (Fsp3) is 0.250. The largest absolute Gasteiger partial charge is 0.444 e. The van der Waals surface area contributed by atoms with Gasteiger partial charge in [0.05, 0.1) is 0 Å². The molecule has 0 unspecified atom stereocenters. The summed E-state index contributed by atoms with van der Waals surface area (Å²) in [7, 11) is 2.02. The molecule has 0 aliphatic carbocycles. The Bertz CT molecular complexity index is 360. The van der Waals surface area contributed by atoms with E-state index >= 15 is 0 Å². The maximum atomic E-state index is 11.2. The third kappa shape index (κ3) is 4.69. The summed E-state index contributed by atoms with van der Waals surface area (Å²) in [5, 5.41) is 2.52. The monoisotopic (exact) mass is 217 g/mol. The minimum atomic E-state index is -0.426. The maximum Gasteiger partial charge on any atom is 0.411 e. The minimum absolute atomic E-state index is 0.298. The van der Waals surface area contributed by atoms with Gasteiger partial charge in [0.1, 0.15) is 14.5 Å². The van der Waals surface area contributed by atoms with E-state index in [9.17, 15) is 4.79 Å². The Morgan fingerprint density at radius 2 is 2.12 bits per heavy atom. The fourth-order valence-electron chi connectivity index (χ4n) is 1.12. The third-order valence-corrected chi connectivity index (χ3v) is 2.05. The molecule has 1 aromatic carbocycles. The number of carbonyl (C=O) groups is 1. The van der Waals surface area contributed by atoms with Crippen LogP contribution in [0.3, 0.4) is 0 Å². The summed E-state index contributed by atoms with van der Waals surface area (Å²) >= 11 is 0. The van der Waals surface area contributed by atoms with Gasteiger partial charge in [-0.15, -0.1) is 0 Å². The SMILES string of the molecule is Bc1ccc(COC(=O)N/C=C\CC)cc1. The lowest BCUT2D eigenvalue weighted by atomic mass is 9.95. The summed E-state index contributed by atoms with van der Waals surface area (Å²) in [6.45, 7) is 2.29. The van der Waals surface area contributed by atoms with E-state index < -0.39 is 6.09 Å². The van der Waals surface area contributed by atoms with Crippen LogP contribution in [0.15, 0.2) is 36.5 Å². The van der Waals surface area contributed by atoms with Crippen LogP contribution in [0.25, 0.3) is 0 Å². The predicted octanol–water partition coefficient (Wildman–Crippen LogP) is 1.09. The van der Waals surface area contributed by atoms with Crippen molar-refractivity contribution >= 4 is 19.4 Å². The molecular weight excluding hydrogens is 201 g/mol. The highest BCUT2D eigenvalue weighted by atomic mass is 16.5. The van der Waals surface area contributed by atoms with Gasteiger partial charge in [0.25, 0.3) is 0 Å². The molecule has 4 heteroatoms. The predicted molar refractivity (Wildman–Crippen MR) is 67.4 cm³/mol. The van der Waals surface area contributed by atoms with Gasteiger partial charge >= 0.3 is 6.09 Å². The van der Waals surface area contributed by atoms with Crippen molar-refractivity contribution in [3.8, 4) is 0 Å². The number of amides is 1. The molecule has 0 fully saturated rings. The number of allylic oxidation sites excluding steroid dienone is 1. The smallest absolute Gasteiger partial charge is 0.411 e. The molecule has 16 heavy (non-hydrogen) atoms. The first-order chi connectivity index (χ1) is 7.72. The van der Waals surface area contributed by atoms with Gasteiger partial charge in [-0.2, -0.15) is 0 Å². The third-order valence-electron chi connectivity index (χ3n) is 2.05. The second-order valence-electron chi connectivity index (χ2n) is 3.52. The summed E-state index contributed by atoms with van der Waals surface area (Å²) in [6.07, 6.45) is 3.91. The van der Waals surface area contributed by atoms with Gasteiger partial charge in [-0.3, -0.25) is 5.32 Å². The Hall–Kier alpha value is -1.71. The number of nitrogens with one attached hydrogen (secondary N) is 1. The number of ether oxygens (including phenoxy) is 1. The van der Waals surface area contributed by atoms with Crippen LogP contribution in [0.5, 0.6) is 0 Å². The van der Waals surface area contributed by atoms with Gasteiger partial charge in [-0.05, 0) is 12.0 Å². The molecule has 1 amide bonds. The standard InChI is InChI=1S/C12H16BNO2/c1-2-3-8-14-12(15)16-9-10-4-6-11(13)7-5-10/h3-8H,2,9,13H2,1H3,(H,14,15)/b8-3-. The Morgan fingerprint density at radius 1 is 1.44 bits per heavy atom. The van der Waals surface area contributed by atoms with E-state index in [1.165, 1.54) is 5.46 Å². The molecule has 1 N–H and O–H groups in total. The maximum absolute atomic E-state index is 11.2. The molecule has 0 saturated carbocycles. The van der Waals surface area contributed by atoms with Gasteiger partial charge in [0, 0.05) is 6.20 Å². The van der Waals surface area contributed by atoms with Crippen molar-refractivity contribution in [3.63, 3.8) is 0 Å². The highest BCUT2D eigenvalue weighted by Gasteiger charge is 1.99. The lowest BCUT2D eigenvalue weighted by Gasteiger charge is -2.04. The van der Waals surface area contributed by atoms with Crippen molar-refractivity contribution in [1.29, 1.82) is 0 Å². The summed E-state index contributed by atoms with van der Waals surface area (Å²) in [6, 6.07) is 7.89. The van der Waals surface area contributed by atoms with Gasteiger partial charge < -0.3 is 4.74 Å². The summed E-state index contributed by atoms with van der Waals surface area (Å²) in [5.74, 6) is 0. The van der Waals surface area contributed by atoms with Crippen LogP contribution in [0.1, 0.15) is 18.9 Å². The van der Waals surface area contributed by atoms with Crippen molar-refractivity contribution in [2.24, 2.45) is 0 Å². The highest BCUT2D eigenvalue weighted by Crippen LogP contribution is 1.99. The van der Waals surface area contributed by atoms with E-state index in [4.69, 9.17) is 4.74 Å². The van der Waals surface area contributed by atoms with Gasteiger partial charge in [-0.1, -0.05) is 42.7 Å². The molecule has 1 rings (SSSR count). The Kier molecular flexibility index (Phi) is 5.19. The lowest BCUT2D eigenvalue weighted by Crippen LogP contribution is -2.18. The molecule has 0 atom stereocenters. The molecule has 1 aromatic rings. The second-order valence-corrected chi connectivity index (χ2v) is 3.52. The Labute approximate surface area is 96.9 Å². The Morgan fingerprint density at radius 3 is 2.75 bits per heavy atom. The molecule has 0 aromatic heterocycles. The van der Waals surface area contributed by atoms with Crippen molar-refractivity contribution in [1.82, 2.24) is 5.32 Å². The van der Waals surface area contributed by atoms with Crippen LogP contribution in [-0.2, 0) is 11.3 Å². The quantitative estimate of drug-likeness (QED) is 0.766. The van der Waals surface area contributed by atoms with Crippen molar-refractivity contribution in [2.75, 3.05) is 0 Å². The van der Waals surface area contributed by atoms with Crippen LogP contribution in [-0.4, -0.2) is 13.9 Å². The number of rotatable bonds is 4. The molecule has 0 heterocycles. The van der Waals surface area contributed by atoms with Gasteiger partial charge in [-0.25, -0.2) is 4.79 Å². The van der Waals surface area contributed by atoms with Crippen LogP contribution in [0.4, 0.5) is 4.79 Å². The summed E-state index contributed by atoms with van der Waals surface area (Å²) in [4.78, 5) is 11.2. The highest BCUT2D eigenvalue weighted by molar-refractivity contribution is 6.32. The minimum Gasteiger partial charge on any atom is -0.444 e. The fourth-order valence-corrected chi connectivity index (χ4v) is 1.12. The van der Waals surface area contributed by atoms with E-state index in [1.807, 2.05) is 45.1 Å². The number of alkyl carbamates (subject to hydrolysis) is 1. The second kappa shape index (κ2) is 6.72. The van der Waals surface area contributed by atoms with Crippen LogP contribution < -0.4 is 10.8 Å². The molecule has 0 bridgehead atoms. The summed E-state index contributed by atoms with van der Waals surface area (Å²) in [5.41, 5.74) is 2.18. The van der Waals surface area contributed by atoms with E-state index in [2.05, 4.69) is 5.32 Å². The first-order valence-corrected chi connectivity index (χ1v) is 5.36. The molecule has 0 aliphatic heterocycles. The molecule has 3 nitrogen and oxygen atoms in total.